The molecule has 0 aromatic heterocycles. The highest BCUT2D eigenvalue weighted by atomic mass is 16.3. The second kappa shape index (κ2) is 7.62. The van der Waals surface area contributed by atoms with Gasteiger partial charge in [-0.1, -0.05) is 52.4 Å². The van der Waals surface area contributed by atoms with E-state index in [0.29, 0.717) is 5.91 Å². The molecular weight excluding hydrogens is 262 g/mol. The van der Waals surface area contributed by atoms with E-state index in [9.17, 15) is 9.90 Å². The van der Waals surface area contributed by atoms with E-state index >= 15 is 0 Å². The van der Waals surface area contributed by atoms with Gasteiger partial charge in [0, 0.05) is 19.0 Å². The monoisotopic (exact) mass is 295 g/mol. The lowest BCUT2D eigenvalue weighted by atomic mass is 9.82. The summed E-state index contributed by atoms with van der Waals surface area (Å²) in [4.78, 5) is 14.6. The maximum Gasteiger partial charge on any atom is 0.225 e. The molecule has 2 rings (SSSR count). The van der Waals surface area contributed by atoms with Gasteiger partial charge in [-0.25, -0.2) is 0 Å². The molecule has 1 saturated heterocycles. The predicted molar refractivity (Wildman–Crippen MR) is 86.0 cm³/mol. The van der Waals surface area contributed by atoms with Crippen LogP contribution in [0, 0.1) is 11.8 Å². The topological polar surface area (TPSA) is 40.5 Å². The van der Waals surface area contributed by atoms with Crippen molar-refractivity contribution >= 4 is 5.91 Å². The second-order valence-corrected chi connectivity index (χ2v) is 7.44. The number of likely N-dealkylation sites (tertiary alicyclic amines) is 1. The lowest BCUT2D eigenvalue weighted by Crippen LogP contribution is -2.48. The van der Waals surface area contributed by atoms with E-state index in [-0.39, 0.29) is 5.92 Å². The molecule has 21 heavy (non-hydrogen) atoms. The Labute approximate surface area is 130 Å². The third kappa shape index (κ3) is 4.70. The number of carbonyl (C=O) groups is 1. The summed E-state index contributed by atoms with van der Waals surface area (Å²) in [6.45, 7) is 5.69. The second-order valence-electron chi connectivity index (χ2n) is 7.44. The fraction of sp³-hybridized carbons (Fsp3) is 0.944. The number of piperidine rings is 1. The Morgan fingerprint density at radius 3 is 2.43 bits per heavy atom. The van der Waals surface area contributed by atoms with Crippen LogP contribution in [0.4, 0.5) is 0 Å². The Balaban J connectivity index is 1.78. The third-order valence-corrected chi connectivity index (χ3v) is 5.55. The highest BCUT2D eigenvalue weighted by molar-refractivity contribution is 5.78. The molecule has 1 N–H and O–H groups in total. The van der Waals surface area contributed by atoms with Crippen molar-refractivity contribution in [3.8, 4) is 0 Å². The molecule has 3 heteroatoms. The largest absolute Gasteiger partial charge is 0.390 e. The highest BCUT2D eigenvalue weighted by Gasteiger charge is 2.34. The van der Waals surface area contributed by atoms with Gasteiger partial charge in [-0.2, -0.15) is 0 Å². The average molecular weight is 295 g/mol. The first-order valence-electron chi connectivity index (χ1n) is 9.05. The Morgan fingerprint density at radius 1 is 1.24 bits per heavy atom. The summed E-state index contributed by atoms with van der Waals surface area (Å²) in [5, 5.41) is 10.4. The summed E-state index contributed by atoms with van der Waals surface area (Å²) in [5.41, 5.74) is -0.516. The fourth-order valence-corrected chi connectivity index (χ4v) is 4.19. The first-order chi connectivity index (χ1) is 10.0. The summed E-state index contributed by atoms with van der Waals surface area (Å²) in [7, 11) is 0. The normalized spacial score (nSPS) is 24.8. The molecule has 1 amide bonds. The van der Waals surface area contributed by atoms with E-state index in [0.717, 1.165) is 51.1 Å². The van der Waals surface area contributed by atoms with Gasteiger partial charge in [-0.05, 0) is 31.6 Å². The minimum atomic E-state index is -0.516. The van der Waals surface area contributed by atoms with Crippen LogP contribution in [0.15, 0.2) is 0 Å². The molecule has 2 fully saturated rings. The highest BCUT2D eigenvalue weighted by Crippen LogP contribution is 2.31. The molecule has 1 atom stereocenters. The summed E-state index contributed by atoms with van der Waals surface area (Å²) in [5.74, 6) is 1.24. The van der Waals surface area contributed by atoms with Crippen molar-refractivity contribution in [3.05, 3.63) is 0 Å². The van der Waals surface area contributed by atoms with Crippen molar-refractivity contribution in [2.75, 3.05) is 13.1 Å². The molecule has 1 aliphatic heterocycles. The lowest BCUT2D eigenvalue weighted by Gasteiger charge is -2.39. The molecule has 1 aliphatic carbocycles. The number of hydrogen-bond donors (Lipinski definition) is 1. The SMILES string of the molecule is CCCC1(O)CCN(C(=O)[C@H](C)CC2CCCCC2)CC1. The van der Waals surface area contributed by atoms with E-state index in [1.165, 1.54) is 32.1 Å². The Kier molecular flexibility index (Phi) is 6.09. The van der Waals surface area contributed by atoms with Crippen LogP contribution in [-0.4, -0.2) is 34.6 Å². The van der Waals surface area contributed by atoms with Gasteiger partial charge in [-0.15, -0.1) is 0 Å². The van der Waals surface area contributed by atoms with Crippen LogP contribution in [0.25, 0.3) is 0 Å². The van der Waals surface area contributed by atoms with Gasteiger partial charge in [0.15, 0.2) is 0 Å². The number of nitrogens with zero attached hydrogens (tertiary/aromatic N) is 1. The average Bonchev–Trinajstić information content (AvgIpc) is 2.48. The van der Waals surface area contributed by atoms with E-state index < -0.39 is 5.60 Å². The number of aliphatic hydroxyl groups is 1. The lowest BCUT2D eigenvalue weighted by molar-refractivity contribution is -0.140. The van der Waals surface area contributed by atoms with E-state index in [4.69, 9.17) is 0 Å². The zero-order valence-corrected chi connectivity index (χ0v) is 13.9. The Bertz CT molecular complexity index is 328. The van der Waals surface area contributed by atoms with E-state index in [1.807, 2.05) is 4.90 Å². The van der Waals surface area contributed by atoms with Crippen LogP contribution in [0.2, 0.25) is 0 Å². The quantitative estimate of drug-likeness (QED) is 0.839. The van der Waals surface area contributed by atoms with Crippen molar-refractivity contribution in [3.63, 3.8) is 0 Å². The summed E-state index contributed by atoms with van der Waals surface area (Å²) in [6.07, 6.45) is 11.1. The molecule has 1 heterocycles. The smallest absolute Gasteiger partial charge is 0.225 e. The number of amides is 1. The van der Waals surface area contributed by atoms with Crippen molar-refractivity contribution in [1.82, 2.24) is 4.90 Å². The van der Waals surface area contributed by atoms with Gasteiger partial charge in [-0.3, -0.25) is 4.79 Å². The predicted octanol–water partition coefficient (Wildman–Crippen LogP) is 3.75. The molecule has 0 radical (unpaired) electrons. The summed E-state index contributed by atoms with van der Waals surface area (Å²) in [6, 6.07) is 0. The molecule has 0 aromatic carbocycles. The molecule has 3 nitrogen and oxygen atoms in total. The molecule has 0 unspecified atom stereocenters. The Hall–Kier alpha value is -0.570. The van der Waals surface area contributed by atoms with Crippen LogP contribution in [0.3, 0.4) is 0 Å². The number of rotatable bonds is 5. The Morgan fingerprint density at radius 2 is 1.86 bits per heavy atom. The van der Waals surface area contributed by atoms with Gasteiger partial charge < -0.3 is 10.0 Å². The third-order valence-electron chi connectivity index (χ3n) is 5.55. The zero-order chi connectivity index (χ0) is 15.3. The maximum absolute atomic E-state index is 12.6. The fourth-order valence-electron chi connectivity index (χ4n) is 4.19. The number of hydrogen-bond acceptors (Lipinski definition) is 2. The molecule has 0 aromatic rings. The van der Waals surface area contributed by atoms with Gasteiger partial charge >= 0.3 is 0 Å². The summed E-state index contributed by atoms with van der Waals surface area (Å²) >= 11 is 0. The van der Waals surface area contributed by atoms with Crippen molar-refractivity contribution in [1.29, 1.82) is 0 Å². The first kappa shape index (κ1) is 16.8. The standard InChI is InChI=1S/C18H33NO2/c1-3-9-18(21)10-12-19(13-11-18)17(20)15(2)14-16-7-5-4-6-8-16/h15-16,21H,3-14H2,1-2H3/t15-/m1/s1. The van der Waals surface area contributed by atoms with Gasteiger partial charge in [0.2, 0.25) is 5.91 Å². The van der Waals surface area contributed by atoms with Crippen LogP contribution < -0.4 is 0 Å². The molecule has 122 valence electrons. The first-order valence-corrected chi connectivity index (χ1v) is 9.05. The maximum atomic E-state index is 12.6. The van der Waals surface area contributed by atoms with E-state index in [1.54, 1.807) is 0 Å². The van der Waals surface area contributed by atoms with E-state index in [2.05, 4.69) is 13.8 Å². The van der Waals surface area contributed by atoms with Crippen LogP contribution in [-0.2, 0) is 4.79 Å². The minimum Gasteiger partial charge on any atom is -0.390 e. The number of carbonyl (C=O) groups excluding carboxylic acids is 1. The molecule has 0 bridgehead atoms. The zero-order valence-electron chi connectivity index (χ0n) is 13.9. The van der Waals surface area contributed by atoms with Crippen LogP contribution in [0.1, 0.15) is 78.1 Å². The molecule has 0 spiro atoms. The molecule has 2 aliphatic rings. The minimum absolute atomic E-state index is 0.158. The van der Waals surface area contributed by atoms with Gasteiger partial charge in [0.25, 0.3) is 0 Å². The van der Waals surface area contributed by atoms with Gasteiger partial charge in [0.1, 0.15) is 0 Å². The summed E-state index contributed by atoms with van der Waals surface area (Å²) < 4.78 is 0. The molecule has 1 saturated carbocycles. The van der Waals surface area contributed by atoms with Crippen LogP contribution in [0.5, 0.6) is 0 Å². The molecular formula is C18H33NO2. The van der Waals surface area contributed by atoms with Crippen molar-refractivity contribution in [2.24, 2.45) is 11.8 Å². The van der Waals surface area contributed by atoms with Crippen molar-refractivity contribution in [2.45, 2.75) is 83.7 Å². The van der Waals surface area contributed by atoms with Gasteiger partial charge in [0.05, 0.1) is 5.60 Å². The van der Waals surface area contributed by atoms with Crippen LogP contribution >= 0.6 is 0 Å². The van der Waals surface area contributed by atoms with Crippen molar-refractivity contribution < 1.29 is 9.90 Å².